The predicted molar refractivity (Wildman–Crippen MR) is 82.5 cm³/mol. The van der Waals surface area contributed by atoms with E-state index in [1.807, 2.05) is 31.2 Å². The van der Waals surface area contributed by atoms with Crippen LogP contribution in [0.15, 0.2) is 24.3 Å². The van der Waals surface area contributed by atoms with Crippen molar-refractivity contribution >= 4 is 11.9 Å². The van der Waals surface area contributed by atoms with E-state index in [9.17, 15) is 9.59 Å². The van der Waals surface area contributed by atoms with Crippen LogP contribution in [0.2, 0.25) is 0 Å². The standard InChI is InChI=1S/C17H23NO4/c1-12-5-7-13(8-6-12)16-14(4-3-11-22-16)17(21)18(2)10-9-15(19)20/h5-8,14,16H,3-4,9-11H2,1-2H3,(H,19,20)/t14-,16+/m0/s1. The highest BCUT2D eigenvalue weighted by Crippen LogP contribution is 2.34. The second-order valence-corrected chi connectivity index (χ2v) is 5.85. The number of aliphatic carboxylic acids is 1. The summed E-state index contributed by atoms with van der Waals surface area (Å²) in [6, 6.07) is 8.04. The molecule has 0 radical (unpaired) electrons. The third kappa shape index (κ3) is 4.07. The van der Waals surface area contributed by atoms with Crippen LogP contribution in [0.3, 0.4) is 0 Å². The molecule has 0 saturated carbocycles. The predicted octanol–water partition coefficient (Wildman–Crippen LogP) is 2.40. The Balaban J connectivity index is 2.10. The number of carbonyl (C=O) groups excluding carboxylic acids is 1. The van der Waals surface area contributed by atoms with Gasteiger partial charge in [0.25, 0.3) is 0 Å². The van der Waals surface area contributed by atoms with Crippen molar-refractivity contribution in [2.24, 2.45) is 5.92 Å². The number of carboxylic acids is 1. The summed E-state index contributed by atoms with van der Waals surface area (Å²) in [6.45, 7) is 2.90. The Bertz CT molecular complexity index is 526. The minimum atomic E-state index is -0.894. The first-order chi connectivity index (χ1) is 10.5. The molecular formula is C17H23NO4. The SMILES string of the molecule is Cc1ccc([C@H]2OCCC[C@@H]2C(=O)N(C)CCC(=O)O)cc1. The molecule has 0 aromatic heterocycles. The number of hydrogen-bond acceptors (Lipinski definition) is 3. The van der Waals surface area contributed by atoms with Gasteiger partial charge in [0, 0.05) is 20.2 Å². The molecule has 1 aliphatic rings. The number of amides is 1. The molecule has 1 N–H and O–H groups in total. The molecule has 1 aromatic rings. The minimum Gasteiger partial charge on any atom is -0.481 e. The highest BCUT2D eigenvalue weighted by atomic mass is 16.5. The third-order valence-corrected chi connectivity index (χ3v) is 4.08. The molecule has 1 amide bonds. The first kappa shape index (κ1) is 16.5. The molecule has 2 rings (SSSR count). The molecule has 120 valence electrons. The van der Waals surface area contributed by atoms with Crippen molar-refractivity contribution in [3.05, 3.63) is 35.4 Å². The lowest BCUT2D eigenvalue weighted by molar-refractivity contribution is -0.145. The van der Waals surface area contributed by atoms with Crippen LogP contribution in [0, 0.1) is 12.8 Å². The summed E-state index contributed by atoms with van der Waals surface area (Å²) in [5.41, 5.74) is 2.18. The highest BCUT2D eigenvalue weighted by Gasteiger charge is 2.34. The van der Waals surface area contributed by atoms with Gasteiger partial charge in [-0.3, -0.25) is 9.59 Å². The fourth-order valence-corrected chi connectivity index (χ4v) is 2.78. The summed E-state index contributed by atoms with van der Waals surface area (Å²) in [7, 11) is 1.66. The van der Waals surface area contributed by atoms with Gasteiger partial charge < -0.3 is 14.7 Å². The Morgan fingerprint density at radius 2 is 2.00 bits per heavy atom. The summed E-state index contributed by atoms with van der Waals surface area (Å²) in [6.07, 6.45) is 1.35. The van der Waals surface area contributed by atoms with E-state index in [1.165, 1.54) is 10.5 Å². The Morgan fingerprint density at radius 1 is 1.32 bits per heavy atom. The molecule has 1 aromatic carbocycles. The summed E-state index contributed by atoms with van der Waals surface area (Å²) >= 11 is 0. The molecule has 0 aliphatic carbocycles. The van der Waals surface area contributed by atoms with Crippen molar-refractivity contribution < 1.29 is 19.4 Å². The van der Waals surface area contributed by atoms with Gasteiger partial charge in [-0.05, 0) is 25.3 Å². The maximum atomic E-state index is 12.6. The summed E-state index contributed by atoms with van der Waals surface area (Å²) in [5.74, 6) is -1.17. The smallest absolute Gasteiger partial charge is 0.305 e. The van der Waals surface area contributed by atoms with Crippen molar-refractivity contribution in [3.63, 3.8) is 0 Å². The fraction of sp³-hybridized carbons (Fsp3) is 0.529. The van der Waals surface area contributed by atoms with Gasteiger partial charge in [-0.25, -0.2) is 0 Å². The normalized spacial score (nSPS) is 21.4. The molecule has 1 saturated heterocycles. The second kappa shape index (κ2) is 7.40. The molecule has 1 heterocycles. The van der Waals surface area contributed by atoms with Crippen molar-refractivity contribution in [1.29, 1.82) is 0 Å². The molecule has 0 unspecified atom stereocenters. The van der Waals surface area contributed by atoms with Crippen molar-refractivity contribution in [2.75, 3.05) is 20.2 Å². The maximum absolute atomic E-state index is 12.6. The number of carbonyl (C=O) groups is 2. The molecule has 1 fully saturated rings. The van der Waals surface area contributed by atoms with Gasteiger partial charge in [-0.1, -0.05) is 29.8 Å². The lowest BCUT2D eigenvalue weighted by Crippen LogP contribution is -2.39. The quantitative estimate of drug-likeness (QED) is 0.907. The number of benzene rings is 1. The van der Waals surface area contributed by atoms with E-state index < -0.39 is 5.97 Å². The lowest BCUT2D eigenvalue weighted by Gasteiger charge is -2.33. The van der Waals surface area contributed by atoms with E-state index in [0.29, 0.717) is 6.61 Å². The minimum absolute atomic E-state index is 0.0356. The van der Waals surface area contributed by atoms with Crippen LogP contribution < -0.4 is 0 Å². The average molecular weight is 305 g/mol. The summed E-state index contributed by atoms with van der Waals surface area (Å²) < 4.78 is 5.85. The van der Waals surface area contributed by atoms with Gasteiger partial charge in [0.2, 0.25) is 5.91 Å². The van der Waals surface area contributed by atoms with Crippen LogP contribution in [0.1, 0.15) is 36.5 Å². The van der Waals surface area contributed by atoms with Crippen molar-refractivity contribution in [3.8, 4) is 0 Å². The highest BCUT2D eigenvalue weighted by molar-refractivity contribution is 5.80. The zero-order valence-corrected chi connectivity index (χ0v) is 13.1. The van der Waals surface area contributed by atoms with Crippen LogP contribution in [-0.4, -0.2) is 42.1 Å². The van der Waals surface area contributed by atoms with Crippen LogP contribution in [0.25, 0.3) is 0 Å². The van der Waals surface area contributed by atoms with Gasteiger partial charge in [0.1, 0.15) is 0 Å². The molecule has 0 spiro atoms. The second-order valence-electron chi connectivity index (χ2n) is 5.85. The fourth-order valence-electron chi connectivity index (χ4n) is 2.78. The third-order valence-electron chi connectivity index (χ3n) is 4.08. The van der Waals surface area contributed by atoms with Crippen molar-refractivity contribution in [2.45, 2.75) is 32.3 Å². The molecule has 22 heavy (non-hydrogen) atoms. The Hall–Kier alpha value is -1.88. The molecule has 5 heteroatoms. The van der Waals surface area contributed by atoms with E-state index >= 15 is 0 Å². The Labute approximate surface area is 130 Å². The van der Waals surface area contributed by atoms with Gasteiger partial charge in [-0.2, -0.15) is 0 Å². The van der Waals surface area contributed by atoms with E-state index in [0.717, 1.165) is 18.4 Å². The first-order valence-electron chi connectivity index (χ1n) is 7.64. The van der Waals surface area contributed by atoms with E-state index in [-0.39, 0.29) is 30.9 Å². The lowest BCUT2D eigenvalue weighted by atomic mass is 9.88. The Morgan fingerprint density at radius 3 is 2.64 bits per heavy atom. The zero-order chi connectivity index (χ0) is 16.1. The summed E-state index contributed by atoms with van der Waals surface area (Å²) in [4.78, 5) is 24.8. The van der Waals surface area contributed by atoms with E-state index in [1.54, 1.807) is 7.05 Å². The zero-order valence-electron chi connectivity index (χ0n) is 13.1. The van der Waals surface area contributed by atoms with Crippen LogP contribution >= 0.6 is 0 Å². The van der Waals surface area contributed by atoms with Crippen molar-refractivity contribution in [1.82, 2.24) is 4.90 Å². The maximum Gasteiger partial charge on any atom is 0.305 e. The van der Waals surface area contributed by atoms with Gasteiger partial charge in [0.05, 0.1) is 18.4 Å². The molecule has 0 bridgehead atoms. The molecular weight excluding hydrogens is 282 g/mol. The van der Waals surface area contributed by atoms with E-state index in [4.69, 9.17) is 9.84 Å². The van der Waals surface area contributed by atoms with Gasteiger partial charge in [-0.15, -0.1) is 0 Å². The largest absolute Gasteiger partial charge is 0.481 e. The van der Waals surface area contributed by atoms with Crippen LogP contribution in [0.4, 0.5) is 0 Å². The van der Waals surface area contributed by atoms with Crippen LogP contribution in [-0.2, 0) is 14.3 Å². The number of nitrogens with zero attached hydrogens (tertiary/aromatic N) is 1. The van der Waals surface area contributed by atoms with Gasteiger partial charge in [0.15, 0.2) is 0 Å². The number of hydrogen-bond donors (Lipinski definition) is 1. The number of carboxylic acid groups (broad SMARTS) is 1. The van der Waals surface area contributed by atoms with E-state index in [2.05, 4.69) is 0 Å². The number of aryl methyl sites for hydroxylation is 1. The topological polar surface area (TPSA) is 66.8 Å². The van der Waals surface area contributed by atoms with Gasteiger partial charge >= 0.3 is 5.97 Å². The number of rotatable bonds is 5. The molecule has 2 atom stereocenters. The monoisotopic (exact) mass is 305 g/mol. The molecule has 1 aliphatic heterocycles. The summed E-state index contributed by atoms with van der Waals surface area (Å²) in [5, 5.41) is 8.75. The van der Waals surface area contributed by atoms with Crippen LogP contribution in [0.5, 0.6) is 0 Å². The first-order valence-corrected chi connectivity index (χ1v) is 7.64. The number of ether oxygens (including phenoxy) is 1. The Kier molecular flexibility index (Phi) is 5.55. The molecule has 5 nitrogen and oxygen atoms in total. The average Bonchev–Trinajstić information content (AvgIpc) is 2.52.